The lowest BCUT2D eigenvalue weighted by Gasteiger charge is -2.11. The number of hydrogen-bond acceptors (Lipinski definition) is 2. The van der Waals surface area contributed by atoms with Crippen molar-refractivity contribution in [1.29, 1.82) is 0 Å². The number of nitrogens with one attached hydrogen (secondary N) is 2. The molecule has 0 aliphatic carbocycles. The van der Waals surface area contributed by atoms with Crippen LogP contribution in [0.25, 0.3) is 0 Å². The van der Waals surface area contributed by atoms with Gasteiger partial charge in [-0.05, 0) is 37.5 Å². The molecule has 0 saturated heterocycles. The number of hydrogen-bond donors (Lipinski definition) is 2. The molecule has 20 heavy (non-hydrogen) atoms. The molecule has 0 fully saturated rings. The lowest BCUT2D eigenvalue weighted by molar-refractivity contribution is 0.145. The molecule has 0 heterocycles. The van der Waals surface area contributed by atoms with Crippen LogP contribution in [0.5, 0.6) is 0 Å². The Balaban J connectivity index is 2.16. The molecule has 0 unspecified atom stereocenters. The van der Waals surface area contributed by atoms with Gasteiger partial charge < -0.3 is 15.4 Å². The zero-order valence-electron chi connectivity index (χ0n) is 12.3. The molecular formula is C15H24FN3O. The summed E-state index contributed by atoms with van der Waals surface area (Å²) in [6, 6.07) is 6.57. The highest BCUT2D eigenvalue weighted by molar-refractivity contribution is 5.79. The first-order valence-electron chi connectivity index (χ1n) is 7.03. The van der Waals surface area contributed by atoms with Gasteiger partial charge in [0.15, 0.2) is 5.96 Å². The van der Waals surface area contributed by atoms with Gasteiger partial charge in [0.05, 0.1) is 0 Å². The SMILES string of the molecule is CCOCCCNC(=NC)NCCc1ccc(F)cc1. The van der Waals surface area contributed by atoms with Crippen molar-refractivity contribution >= 4 is 5.96 Å². The van der Waals surface area contributed by atoms with Gasteiger partial charge in [0, 0.05) is 33.4 Å². The Kier molecular flexibility index (Phi) is 8.38. The van der Waals surface area contributed by atoms with E-state index in [1.54, 1.807) is 19.2 Å². The molecule has 0 aromatic heterocycles. The molecular weight excluding hydrogens is 257 g/mol. The molecule has 0 saturated carbocycles. The number of halogens is 1. The summed E-state index contributed by atoms with van der Waals surface area (Å²) in [6.07, 6.45) is 1.78. The first-order chi connectivity index (χ1) is 9.76. The Morgan fingerprint density at radius 3 is 2.55 bits per heavy atom. The van der Waals surface area contributed by atoms with Crippen molar-refractivity contribution in [3.05, 3.63) is 35.6 Å². The van der Waals surface area contributed by atoms with Crippen molar-refractivity contribution in [2.45, 2.75) is 19.8 Å². The Labute approximate surface area is 120 Å². The molecule has 0 aliphatic rings. The van der Waals surface area contributed by atoms with Crippen molar-refractivity contribution < 1.29 is 9.13 Å². The van der Waals surface area contributed by atoms with Gasteiger partial charge in [-0.1, -0.05) is 12.1 Å². The highest BCUT2D eigenvalue weighted by Gasteiger charge is 1.98. The summed E-state index contributed by atoms with van der Waals surface area (Å²) >= 11 is 0. The van der Waals surface area contributed by atoms with Crippen LogP contribution in [0.3, 0.4) is 0 Å². The average molecular weight is 281 g/mol. The topological polar surface area (TPSA) is 45.6 Å². The first kappa shape index (κ1) is 16.4. The second-order valence-electron chi connectivity index (χ2n) is 4.35. The van der Waals surface area contributed by atoms with E-state index in [0.717, 1.165) is 50.7 Å². The monoisotopic (exact) mass is 281 g/mol. The van der Waals surface area contributed by atoms with Crippen molar-refractivity contribution in [2.75, 3.05) is 33.4 Å². The zero-order chi connectivity index (χ0) is 14.6. The molecule has 1 rings (SSSR count). The van der Waals surface area contributed by atoms with Gasteiger partial charge in [0.2, 0.25) is 0 Å². The van der Waals surface area contributed by atoms with Crippen LogP contribution in [-0.4, -0.2) is 39.3 Å². The highest BCUT2D eigenvalue weighted by atomic mass is 19.1. The summed E-state index contributed by atoms with van der Waals surface area (Å²) in [4.78, 5) is 4.14. The van der Waals surface area contributed by atoms with Gasteiger partial charge in [0.1, 0.15) is 5.82 Å². The van der Waals surface area contributed by atoms with E-state index in [4.69, 9.17) is 4.74 Å². The minimum atomic E-state index is -0.200. The number of nitrogens with zero attached hydrogens (tertiary/aromatic N) is 1. The van der Waals surface area contributed by atoms with E-state index in [1.807, 2.05) is 6.92 Å². The van der Waals surface area contributed by atoms with E-state index >= 15 is 0 Å². The van der Waals surface area contributed by atoms with Crippen LogP contribution in [0.2, 0.25) is 0 Å². The largest absolute Gasteiger partial charge is 0.382 e. The number of ether oxygens (including phenoxy) is 1. The summed E-state index contributed by atoms with van der Waals surface area (Å²) in [5.41, 5.74) is 1.10. The Bertz CT molecular complexity index is 393. The van der Waals surface area contributed by atoms with Crippen LogP contribution in [0.1, 0.15) is 18.9 Å². The Hall–Kier alpha value is -1.62. The lowest BCUT2D eigenvalue weighted by Crippen LogP contribution is -2.39. The van der Waals surface area contributed by atoms with Gasteiger partial charge in [-0.25, -0.2) is 4.39 Å². The van der Waals surface area contributed by atoms with Crippen LogP contribution in [0, 0.1) is 5.82 Å². The number of benzene rings is 1. The molecule has 0 amide bonds. The van der Waals surface area contributed by atoms with E-state index in [2.05, 4.69) is 15.6 Å². The summed E-state index contributed by atoms with van der Waals surface area (Å²) in [7, 11) is 1.75. The van der Waals surface area contributed by atoms with Crippen LogP contribution < -0.4 is 10.6 Å². The van der Waals surface area contributed by atoms with Crippen LogP contribution in [0.4, 0.5) is 4.39 Å². The van der Waals surface area contributed by atoms with Crippen molar-refractivity contribution in [1.82, 2.24) is 10.6 Å². The lowest BCUT2D eigenvalue weighted by atomic mass is 10.1. The predicted octanol–water partition coefficient (Wildman–Crippen LogP) is 1.96. The van der Waals surface area contributed by atoms with Gasteiger partial charge in [0.25, 0.3) is 0 Å². The highest BCUT2D eigenvalue weighted by Crippen LogP contribution is 2.02. The van der Waals surface area contributed by atoms with Crippen molar-refractivity contribution in [2.24, 2.45) is 4.99 Å². The third kappa shape index (κ3) is 7.09. The fourth-order valence-electron chi connectivity index (χ4n) is 1.72. The van der Waals surface area contributed by atoms with Crippen molar-refractivity contribution in [3.63, 3.8) is 0 Å². The van der Waals surface area contributed by atoms with E-state index in [-0.39, 0.29) is 5.82 Å². The molecule has 2 N–H and O–H groups in total. The summed E-state index contributed by atoms with van der Waals surface area (Å²) in [6.45, 7) is 5.09. The fourth-order valence-corrected chi connectivity index (χ4v) is 1.72. The molecule has 0 bridgehead atoms. The van der Waals surface area contributed by atoms with Crippen LogP contribution in [0.15, 0.2) is 29.3 Å². The maximum Gasteiger partial charge on any atom is 0.190 e. The predicted molar refractivity (Wildman–Crippen MR) is 80.6 cm³/mol. The molecule has 0 aliphatic heterocycles. The third-order valence-corrected chi connectivity index (χ3v) is 2.81. The molecule has 1 aromatic carbocycles. The normalized spacial score (nSPS) is 11.4. The quantitative estimate of drug-likeness (QED) is 0.435. The van der Waals surface area contributed by atoms with Crippen molar-refractivity contribution in [3.8, 4) is 0 Å². The Morgan fingerprint density at radius 1 is 1.20 bits per heavy atom. The number of rotatable bonds is 8. The smallest absolute Gasteiger partial charge is 0.190 e. The average Bonchev–Trinajstić information content (AvgIpc) is 2.47. The van der Waals surface area contributed by atoms with E-state index in [0.29, 0.717) is 0 Å². The third-order valence-electron chi connectivity index (χ3n) is 2.81. The minimum Gasteiger partial charge on any atom is -0.382 e. The van der Waals surface area contributed by atoms with Gasteiger partial charge in [-0.2, -0.15) is 0 Å². The number of guanidine groups is 1. The molecule has 112 valence electrons. The van der Waals surface area contributed by atoms with Gasteiger partial charge in [-0.15, -0.1) is 0 Å². The zero-order valence-corrected chi connectivity index (χ0v) is 12.3. The minimum absolute atomic E-state index is 0.200. The van der Waals surface area contributed by atoms with E-state index in [9.17, 15) is 4.39 Å². The van der Waals surface area contributed by atoms with Crippen LogP contribution >= 0.6 is 0 Å². The standard InChI is InChI=1S/C15H24FN3O/c1-3-20-12-4-10-18-15(17-2)19-11-9-13-5-7-14(16)8-6-13/h5-8H,3-4,9-12H2,1-2H3,(H2,17,18,19). The summed E-state index contributed by atoms with van der Waals surface area (Å²) < 4.78 is 18.0. The second-order valence-corrected chi connectivity index (χ2v) is 4.35. The molecule has 0 spiro atoms. The second kappa shape index (κ2) is 10.2. The van der Waals surface area contributed by atoms with Crippen LogP contribution in [-0.2, 0) is 11.2 Å². The molecule has 4 nitrogen and oxygen atoms in total. The Morgan fingerprint density at radius 2 is 1.90 bits per heavy atom. The molecule has 5 heteroatoms. The van der Waals surface area contributed by atoms with Gasteiger partial charge >= 0.3 is 0 Å². The fraction of sp³-hybridized carbons (Fsp3) is 0.533. The maximum absolute atomic E-state index is 12.8. The summed E-state index contributed by atoms with van der Waals surface area (Å²) in [5, 5.41) is 6.45. The molecule has 0 atom stereocenters. The van der Waals surface area contributed by atoms with Gasteiger partial charge in [-0.3, -0.25) is 4.99 Å². The summed E-state index contributed by atoms with van der Waals surface area (Å²) in [5.74, 6) is 0.581. The number of aliphatic imine (C=N–C) groups is 1. The molecule has 1 aromatic rings. The maximum atomic E-state index is 12.8. The molecule has 0 radical (unpaired) electrons. The first-order valence-corrected chi connectivity index (χ1v) is 7.03. The van der Waals surface area contributed by atoms with E-state index < -0.39 is 0 Å². The van der Waals surface area contributed by atoms with E-state index in [1.165, 1.54) is 12.1 Å².